The molecule has 2 N–H and O–H groups in total. The van der Waals surface area contributed by atoms with Crippen LogP contribution in [0.3, 0.4) is 0 Å². The van der Waals surface area contributed by atoms with E-state index < -0.39 is 21.8 Å². The summed E-state index contributed by atoms with van der Waals surface area (Å²) >= 11 is 12.4. The van der Waals surface area contributed by atoms with Crippen molar-refractivity contribution in [1.29, 1.82) is 0 Å². The highest BCUT2D eigenvalue weighted by Gasteiger charge is 2.27. The molecule has 1 aliphatic carbocycles. The second-order valence-corrected chi connectivity index (χ2v) is 12.4. The molecule has 2 amide bonds. The summed E-state index contributed by atoms with van der Waals surface area (Å²) in [7, 11) is -3.94. The molecule has 40 heavy (non-hydrogen) atoms. The van der Waals surface area contributed by atoms with E-state index in [1.54, 1.807) is 54.6 Å². The third-order valence-electron chi connectivity index (χ3n) is 6.54. The maximum atomic E-state index is 13.6. The molecule has 0 aliphatic heterocycles. The lowest BCUT2D eigenvalue weighted by molar-refractivity contribution is -0.139. The van der Waals surface area contributed by atoms with Gasteiger partial charge in [0, 0.05) is 22.6 Å². The van der Waals surface area contributed by atoms with Crippen molar-refractivity contribution >= 4 is 51.3 Å². The first kappa shape index (κ1) is 29.8. The van der Waals surface area contributed by atoms with Gasteiger partial charge in [0.25, 0.3) is 0 Å². The summed E-state index contributed by atoms with van der Waals surface area (Å²) in [6.07, 6.45) is 6.16. The highest BCUT2D eigenvalue weighted by atomic mass is 35.5. The maximum Gasteiger partial charge on any atom is 0.329 e. The minimum Gasteiger partial charge on any atom is -0.459 e. The summed E-state index contributed by atoms with van der Waals surface area (Å²) in [6.45, 7) is 1.75. The number of amides is 2. The van der Waals surface area contributed by atoms with Crippen molar-refractivity contribution in [2.24, 2.45) is 5.10 Å². The van der Waals surface area contributed by atoms with E-state index in [1.165, 1.54) is 10.5 Å². The molecule has 1 heterocycles. The fourth-order valence-corrected chi connectivity index (χ4v) is 6.20. The first-order valence-corrected chi connectivity index (χ1v) is 15.0. The summed E-state index contributed by atoms with van der Waals surface area (Å²) in [5.74, 6) is -1.01. The van der Waals surface area contributed by atoms with Crippen LogP contribution in [0, 0.1) is 6.92 Å². The van der Waals surface area contributed by atoms with Crippen molar-refractivity contribution in [2.75, 3.05) is 0 Å². The Labute approximate surface area is 243 Å². The molecule has 9 nitrogen and oxygen atoms in total. The summed E-state index contributed by atoms with van der Waals surface area (Å²) < 4.78 is 34.2. The van der Waals surface area contributed by atoms with Gasteiger partial charge in [0.15, 0.2) is 0 Å². The van der Waals surface area contributed by atoms with Crippen LogP contribution < -0.4 is 10.7 Å². The Morgan fingerprint density at radius 3 is 2.42 bits per heavy atom. The van der Waals surface area contributed by atoms with E-state index in [0.717, 1.165) is 37.7 Å². The van der Waals surface area contributed by atoms with Gasteiger partial charge >= 0.3 is 11.8 Å². The van der Waals surface area contributed by atoms with E-state index in [4.69, 9.17) is 27.6 Å². The SMILES string of the molecule is Cc1ccc(S(=O)(=O)N(Cc2ccc(/C=N/NC(=O)C(=O)NC3CCCCC3)o2)Cc2ccc(Cl)cc2Cl)cc1. The Kier molecular flexibility index (Phi) is 10.0. The molecule has 1 saturated carbocycles. The Morgan fingerprint density at radius 2 is 1.73 bits per heavy atom. The van der Waals surface area contributed by atoms with Crippen LogP contribution in [0.25, 0.3) is 0 Å². The number of rotatable bonds is 9. The minimum atomic E-state index is -3.94. The van der Waals surface area contributed by atoms with Crippen LogP contribution >= 0.6 is 23.2 Å². The van der Waals surface area contributed by atoms with Crippen molar-refractivity contribution < 1.29 is 22.4 Å². The van der Waals surface area contributed by atoms with Gasteiger partial charge in [0.05, 0.1) is 17.7 Å². The van der Waals surface area contributed by atoms with Crippen LogP contribution in [0.1, 0.15) is 54.8 Å². The molecular weight excluding hydrogens is 575 g/mol. The van der Waals surface area contributed by atoms with Gasteiger partial charge in [0.1, 0.15) is 11.5 Å². The fourth-order valence-electron chi connectivity index (χ4n) is 4.35. The molecule has 3 aromatic rings. The third kappa shape index (κ3) is 7.94. The standard InChI is InChI=1S/C28H30Cl2N4O5S/c1-19-7-13-25(14-8-19)40(37,38)34(17-20-9-10-21(29)15-26(20)30)18-24-12-11-23(39-24)16-31-33-28(36)27(35)32-22-5-3-2-4-6-22/h7-16,22H,2-6,17-18H2,1H3,(H,32,35)(H,33,36)/b31-16+. The Bertz CT molecular complexity index is 1480. The molecule has 0 bridgehead atoms. The van der Waals surface area contributed by atoms with Crippen LogP contribution in [0.2, 0.25) is 10.0 Å². The normalized spacial score (nSPS) is 14.5. The molecule has 0 atom stereocenters. The highest BCUT2D eigenvalue weighted by Crippen LogP contribution is 2.27. The van der Waals surface area contributed by atoms with Gasteiger partial charge in [-0.15, -0.1) is 0 Å². The molecule has 1 aliphatic rings. The van der Waals surface area contributed by atoms with Crippen molar-refractivity contribution in [1.82, 2.24) is 15.0 Å². The molecule has 12 heteroatoms. The van der Waals surface area contributed by atoms with Crippen molar-refractivity contribution in [3.05, 3.63) is 87.3 Å². The van der Waals surface area contributed by atoms with Gasteiger partial charge in [-0.1, -0.05) is 66.2 Å². The number of halogens is 2. The number of furan rings is 1. The van der Waals surface area contributed by atoms with Gasteiger partial charge in [-0.25, -0.2) is 13.8 Å². The van der Waals surface area contributed by atoms with Crippen LogP contribution in [0.4, 0.5) is 0 Å². The second kappa shape index (κ2) is 13.5. The smallest absolute Gasteiger partial charge is 0.329 e. The number of nitrogens with one attached hydrogen (secondary N) is 2. The number of hydrogen-bond acceptors (Lipinski definition) is 6. The molecule has 4 rings (SSSR count). The predicted molar refractivity (Wildman–Crippen MR) is 154 cm³/mol. The minimum absolute atomic E-state index is 0.00509. The van der Waals surface area contributed by atoms with Gasteiger partial charge in [-0.3, -0.25) is 9.59 Å². The van der Waals surface area contributed by atoms with E-state index in [2.05, 4.69) is 15.8 Å². The van der Waals surface area contributed by atoms with Crippen molar-refractivity contribution in [3.63, 3.8) is 0 Å². The number of sulfonamides is 1. The summed E-state index contributed by atoms with van der Waals surface area (Å²) in [5.41, 5.74) is 3.69. The molecule has 0 spiro atoms. The van der Waals surface area contributed by atoms with Gasteiger partial charge < -0.3 is 9.73 Å². The molecular formula is C28H30Cl2N4O5S. The fraction of sp³-hybridized carbons (Fsp3) is 0.321. The van der Waals surface area contributed by atoms with E-state index >= 15 is 0 Å². The van der Waals surface area contributed by atoms with E-state index in [1.807, 2.05) is 6.92 Å². The van der Waals surface area contributed by atoms with Crippen LogP contribution in [0.5, 0.6) is 0 Å². The molecule has 0 unspecified atom stereocenters. The van der Waals surface area contributed by atoms with E-state index in [0.29, 0.717) is 21.4 Å². The molecule has 212 valence electrons. The number of hydrogen-bond donors (Lipinski definition) is 2. The van der Waals surface area contributed by atoms with Crippen LogP contribution in [-0.2, 0) is 32.7 Å². The first-order valence-electron chi connectivity index (χ1n) is 12.8. The number of carbonyl (C=O) groups excluding carboxylic acids is 2. The molecule has 2 aromatic carbocycles. The Balaban J connectivity index is 1.45. The van der Waals surface area contributed by atoms with Gasteiger partial charge in [-0.2, -0.15) is 9.41 Å². The topological polar surface area (TPSA) is 121 Å². The van der Waals surface area contributed by atoms with Gasteiger partial charge in [0.2, 0.25) is 10.0 Å². The molecule has 0 saturated heterocycles. The van der Waals surface area contributed by atoms with E-state index in [-0.39, 0.29) is 29.8 Å². The Hall–Kier alpha value is -3.18. The maximum absolute atomic E-state index is 13.6. The quantitative estimate of drug-likeness (QED) is 0.198. The van der Waals surface area contributed by atoms with E-state index in [9.17, 15) is 18.0 Å². The summed E-state index contributed by atoms with van der Waals surface area (Å²) in [5, 5.41) is 7.30. The van der Waals surface area contributed by atoms with Crippen molar-refractivity contribution in [3.8, 4) is 0 Å². The monoisotopic (exact) mass is 604 g/mol. The van der Waals surface area contributed by atoms with Gasteiger partial charge in [-0.05, 0) is 61.7 Å². The third-order valence-corrected chi connectivity index (χ3v) is 8.93. The lowest BCUT2D eigenvalue weighted by Crippen LogP contribution is -2.44. The number of aryl methyl sites for hydroxylation is 1. The summed E-state index contributed by atoms with van der Waals surface area (Å²) in [4.78, 5) is 24.3. The average molecular weight is 606 g/mol. The van der Waals surface area contributed by atoms with Crippen LogP contribution in [-0.4, -0.2) is 36.8 Å². The predicted octanol–water partition coefficient (Wildman–Crippen LogP) is 5.18. The molecule has 0 radical (unpaired) electrons. The highest BCUT2D eigenvalue weighted by molar-refractivity contribution is 7.89. The number of hydrazone groups is 1. The zero-order valence-electron chi connectivity index (χ0n) is 21.9. The lowest BCUT2D eigenvalue weighted by Gasteiger charge is -2.22. The largest absolute Gasteiger partial charge is 0.459 e. The lowest BCUT2D eigenvalue weighted by atomic mass is 9.95. The van der Waals surface area contributed by atoms with Crippen molar-refractivity contribution in [2.45, 2.75) is 63.1 Å². The zero-order chi connectivity index (χ0) is 28.7. The first-order chi connectivity index (χ1) is 19.1. The molecule has 1 aromatic heterocycles. The number of nitrogens with zero attached hydrogens (tertiary/aromatic N) is 2. The average Bonchev–Trinajstić information content (AvgIpc) is 3.37. The zero-order valence-corrected chi connectivity index (χ0v) is 24.2. The van der Waals surface area contributed by atoms with Crippen LogP contribution in [0.15, 0.2) is 69.0 Å². The Morgan fingerprint density at radius 1 is 1.00 bits per heavy atom. The number of carbonyl (C=O) groups is 2. The second-order valence-electron chi connectivity index (χ2n) is 9.63. The molecule has 1 fully saturated rings. The number of benzene rings is 2. The summed E-state index contributed by atoms with van der Waals surface area (Å²) in [6, 6.07) is 14.6.